The molecule has 4 aliphatic heterocycles. The minimum Gasteiger partial charge on any atom is -0.477 e. The topological polar surface area (TPSA) is 253 Å². The molecule has 0 spiro atoms. The van der Waals surface area contributed by atoms with Crippen molar-refractivity contribution in [1.82, 2.24) is 19.6 Å². The van der Waals surface area contributed by atoms with Gasteiger partial charge in [0, 0.05) is 79.6 Å². The first-order valence-corrected chi connectivity index (χ1v) is 19.9. The number of carbonyl (C=O) groups excluding carboxylic acids is 4. The number of β-lactam (4-membered cyclic amide) rings is 1. The highest BCUT2D eigenvalue weighted by atomic mass is 32.2. The lowest BCUT2D eigenvalue weighted by atomic mass is 9.79. The van der Waals surface area contributed by atoms with E-state index >= 15 is 0 Å². The number of non-ortho nitro benzene ring substituents is 2. The molecule has 0 radical (unpaired) electrons. The summed E-state index contributed by atoms with van der Waals surface area (Å²) in [7, 11) is 0. The Labute approximate surface area is 341 Å². The molecule has 0 unspecified atom stereocenters. The zero-order chi connectivity index (χ0) is 42.5. The highest BCUT2D eigenvalue weighted by Crippen LogP contribution is 2.52. The van der Waals surface area contributed by atoms with E-state index in [0.29, 0.717) is 55.2 Å². The summed E-state index contributed by atoms with van der Waals surface area (Å²) in [4.78, 5) is 93.0. The first kappa shape index (κ1) is 42.8. The zero-order valence-electron chi connectivity index (χ0n) is 32.2. The second-order valence-electron chi connectivity index (χ2n) is 14.7. The second-order valence-corrected chi connectivity index (χ2v) is 16.1. The predicted molar refractivity (Wildman–Crippen MR) is 206 cm³/mol. The van der Waals surface area contributed by atoms with Gasteiger partial charge in [-0.3, -0.25) is 39.6 Å². The van der Waals surface area contributed by atoms with Gasteiger partial charge < -0.3 is 34.2 Å². The van der Waals surface area contributed by atoms with Crippen LogP contribution in [-0.2, 0) is 41.8 Å². The maximum Gasteiger partial charge on any atom is 0.508 e. The normalized spacial score (nSPS) is 23.5. The van der Waals surface area contributed by atoms with Crippen LogP contribution in [0.4, 0.5) is 21.0 Å². The minimum absolute atomic E-state index is 0.0113. The number of hydrogen-bond acceptors (Lipinski definition) is 15. The molecular formula is C38H44N6O14S. The van der Waals surface area contributed by atoms with Gasteiger partial charge in [0.1, 0.15) is 31.6 Å². The van der Waals surface area contributed by atoms with E-state index in [-0.39, 0.29) is 55.8 Å². The van der Waals surface area contributed by atoms with Crippen LogP contribution in [0.2, 0.25) is 0 Å². The molecule has 0 aromatic heterocycles. The number of thioether (sulfide) groups is 1. The Kier molecular flexibility index (Phi) is 13.4. The van der Waals surface area contributed by atoms with Crippen molar-refractivity contribution in [3.8, 4) is 0 Å². The fraction of sp³-hybridized carbons (Fsp3) is 0.500. The highest BCUT2D eigenvalue weighted by Gasteiger charge is 2.60. The first-order chi connectivity index (χ1) is 28.1. The van der Waals surface area contributed by atoms with Gasteiger partial charge >= 0.3 is 18.2 Å². The average Bonchev–Trinajstić information content (AvgIpc) is 3.62. The Morgan fingerprint density at radius 2 is 1.51 bits per heavy atom. The third kappa shape index (κ3) is 9.58. The molecule has 3 fully saturated rings. The summed E-state index contributed by atoms with van der Waals surface area (Å²) in [6.45, 7) is 5.03. The number of hydrogen-bond donors (Lipinski definition) is 2. The smallest absolute Gasteiger partial charge is 0.477 e. The summed E-state index contributed by atoms with van der Waals surface area (Å²) in [5.74, 6) is -3.25. The predicted octanol–water partition coefficient (Wildman–Crippen LogP) is 3.36. The van der Waals surface area contributed by atoms with Crippen LogP contribution < -0.4 is 0 Å². The van der Waals surface area contributed by atoms with Crippen molar-refractivity contribution in [2.45, 2.75) is 63.3 Å². The quantitative estimate of drug-likeness (QED) is 0.120. The lowest BCUT2D eigenvalue weighted by Crippen LogP contribution is -2.63. The number of nitro groups is 2. The van der Waals surface area contributed by atoms with Crippen LogP contribution in [0, 0.1) is 32.1 Å². The monoisotopic (exact) mass is 840 g/mol. The van der Waals surface area contributed by atoms with E-state index < -0.39 is 69.2 Å². The Bertz CT molecular complexity index is 2000. The molecule has 4 aliphatic rings. The number of aliphatic hydroxyl groups is 1. The standard InChI is InChI=1S/C38H44N6O14S/c1-22-31-30(23(2)45)35(47)42(31)32(36(48)49)33(22)59-28-18-29(41(19-28)37(50)57-20-24-4-8-26(9-5-24)43(52)53)34(46)40-13-3-12-39(14-15-40)16-17-56-38(51)58-21-25-6-10-27(11-7-25)44(54)55/h4-11,22-23,28-31,45H,3,12-21H2,1-2H3,(H,48,49)/t22-,23-,28+,29+,30-,31-/m1/s1. The van der Waals surface area contributed by atoms with Crippen molar-refractivity contribution in [3.05, 3.63) is 90.5 Å². The molecule has 6 rings (SSSR count). The van der Waals surface area contributed by atoms with Crippen molar-refractivity contribution in [2.24, 2.45) is 11.8 Å². The molecule has 20 nitrogen and oxygen atoms in total. The van der Waals surface area contributed by atoms with Crippen LogP contribution in [0.1, 0.15) is 37.8 Å². The molecule has 2 N–H and O–H groups in total. The number of nitrogens with zero attached hydrogens (tertiary/aromatic N) is 6. The molecule has 59 heavy (non-hydrogen) atoms. The number of carbonyl (C=O) groups is 5. The van der Waals surface area contributed by atoms with Crippen LogP contribution in [0.15, 0.2) is 59.1 Å². The Balaban J connectivity index is 1.08. The third-order valence-electron chi connectivity index (χ3n) is 10.9. The van der Waals surface area contributed by atoms with Crippen molar-refractivity contribution in [3.63, 3.8) is 0 Å². The Morgan fingerprint density at radius 1 is 0.898 bits per heavy atom. The van der Waals surface area contributed by atoms with Crippen LogP contribution in [0.3, 0.4) is 0 Å². The lowest BCUT2D eigenvalue weighted by molar-refractivity contribution is -0.385. The number of likely N-dealkylation sites (tertiary alicyclic amines) is 1. The summed E-state index contributed by atoms with van der Waals surface area (Å²) in [6.07, 6.45) is -1.93. The summed E-state index contributed by atoms with van der Waals surface area (Å²) in [5.41, 5.74) is 0.666. The molecule has 0 bridgehead atoms. The number of carboxylic acids is 1. The molecule has 3 saturated heterocycles. The van der Waals surface area contributed by atoms with E-state index in [9.17, 15) is 54.4 Å². The van der Waals surface area contributed by atoms with Gasteiger partial charge in [0.2, 0.25) is 11.8 Å². The first-order valence-electron chi connectivity index (χ1n) is 19.0. The van der Waals surface area contributed by atoms with Crippen LogP contribution in [-0.4, -0.2) is 139 Å². The minimum atomic E-state index is -1.29. The zero-order valence-corrected chi connectivity index (χ0v) is 33.1. The van der Waals surface area contributed by atoms with Crippen LogP contribution in [0.5, 0.6) is 0 Å². The molecular weight excluding hydrogens is 797 g/mol. The van der Waals surface area contributed by atoms with Gasteiger partial charge in [0.05, 0.1) is 27.9 Å². The maximum atomic E-state index is 14.3. The number of aliphatic carboxylic acids is 1. The fourth-order valence-corrected chi connectivity index (χ4v) is 9.42. The van der Waals surface area contributed by atoms with E-state index in [0.717, 1.165) is 0 Å². The molecule has 2 aromatic carbocycles. The van der Waals surface area contributed by atoms with Gasteiger partial charge in [0.25, 0.3) is 11.4 Å². The van der Waals surface area contributed by atoms with Crippen LogP contribution >= 0.6 is 11.8 Å². The summed E-state index contributed by atoms with van der Waals surface area (Å²) in [6, 6.07) is 9.57. The van der Waals surface area contributed by atoms with Gasteiger partial charge in [0.15, 0.2) is 0 Å². The van der Waals surface area contributed by atoms with Gasteiger partial charge in [-0.05, 0) is 55.2 Å². The number of amides is 3. The molecule has 3 amide bonds. The maximum absolute atomic E-state index is 14.3. The van der Waals surface area contributed by atoms with Crippen molar-refractivity contribution in [1.29, 1.82) is 0 Å². The van der Waals surface area contributed by atoms with Crippen LogP contribution in [0.25, 0.3) is 0 Å². The molecule has 21 heteroatoms. The summed E-state index contributed by atoms with van der Waals surface area (Å²) >= 11 is 1.20. The van der Waals surface area contributed by atoms with Gasteiger partial charge in [-0.2, -0.15) is 0 Å². The van der Waals surface area contributed by atoms with E-state index in [4.69, 9.17) is 14.2 Å². The molecule has 4 heterocycles. The molecule has 2 aromatic rings. The average molecular weight is 841 g/mol. The largest absolute Gasteiger partial charge is 0.508 e. The summed E-state index contributed by atoms with van der Waals surface area (Å²) < 4.78 is 15.9. The molecule has 0 aliphatic carbocycles. The van der Waals surface area contributed by atoms with Gasteiger partial charge in [-0.25, -0.2) is 14.4 Å². The summed E-state index contributed by atoms with van der Waals surface area (Å²) in [5, 5.41) is 41.9. The van der Waals surface area contributed by atoms with Gasteiger partial charge in [-0.15, -0.1) is 11.8 Å². The van der Waals surface area contributed by atoms with E-state index in [1.807, 2.05) is 4.90 Å². The number of ether oxygens (including phenoxy) is 3. The van der Waals surface area contributed by atoms with E-state index in [2.05, 4.69) is 0 Å². The van der Waals surface area contributed by atoms with Gasteiger partial charge in [-0.1, -0.05) is 6.92 Å². The molecule has 316 valence electrons. The van der Waals surface area contributed by atoms with Crippen molar-refractivity contribution in [2.75, 3.05) is 45.9 Å². The van der Waals surface area contributed by atoms with Crippen molar-refractivity contribution < 1.29 is 58.2 Å². The number of nitro benzene ring substituents is 2. The Morgan fingerprint density at radius 3 is 2.08 bits per heavy atom. The van der Waals surface area contributed by atoms with E-state index in [1.165, 1.54) is 77.0 Å². The SMILES string of the molecule is C[C@@H](O)[C@H]1C(=O)N2C(C(=O)O)=C(S[C@H]3C[C@@H](C(=O)N4CCCN(CCOC(=O)OCc5ccc([N+](=O)[O-])cc5)CC4)N(C(=O)OCc4ccc([N+](=O)[O-])cc4)C3)[C@H](C)[C@H]12. The number of aliphatic hydroxyl groups excluding tert-OH is 1. The lowest BCUT2D eigenvalue weighted by Gasteiger charge is -2.46. The number of rotatable bonds is 14. The number of benzene rings is 2. The molecule has 6 atom stereocenters. The molecule has 0 saturated carbocycles. The third-order valence-corrected chi connectivity index (χ3v) is 12.4. The number of carboxylic acid groups (broad SMARTS) is 1. The Hall–Kier alpha value is -5.80. The number of fused-ring (bicyclic) bond motifs is 1. The fourth-order valence-electron chi connectivity index (χ4n) is 7.90. The van der Waals surface area contributed by atoms with Crippen molar-refractivity contribution >= 4 is 53.2 Å². The van der Waals surface area contributed by atoms with E-state index in [1.54, 1.807) is 11.8 Å². The second kappa shape index (κ2) is 18.4. The highest BCUT2D eigenvalue weighted by molar-refractivity contribution is 8.03.